The van der Waals surface area contributed by atoms with Gasteiger partial charge in [-0.05, 0) is 36.0 Å². The molecule has 0 saturated heterocycles. The van der Waals surface area contributed by atoms with E-state index in [9.17, 15) is 0 Å². The molecule has 0 amide bonds. The predicted octanol–water partition coefficient (Wildman–Crippen LogP) is 4.85. The first-order chi connectivity index (χ1) is 11.6. The van der Waals surface area contributed by atoms with Crippen LogP contribution in [0.2, 0.25) is 5.02 Å². The van der Waals surface area contributed by atoms with E-state index < -0.39 is 0 Å². The molecule has 0 fully saturated rings. The Morgan fingerprint density at radius 1 is 0.875 bits per heavy atom. The molecule has 0 radical (unpaired) electrons. The Hall–Kier alpha value is -1.31. The summed E-state index contributed by atoms with van der Waals surface area (Å²) in [5, 5.41) is 0.835. The zero-order valence-corrected chi connectivity index (χ0v) is 15.7. The Morgan fingerprint density at radius 3 is 2.08 bits per heavy atom. The van der Waals surface area contributed by atoms with Crippen molar-refractivity contribution >= 4 is 11.6 Å². The molecule has 2 aromatic rings. The van der Waals surface area contributed by atoms with Gasteiger partial charge in [0.05, 0.1) is 6.54 Å². The van der Waals surface area contributed by atoms with Crippen LogP contribution in [0.25, 0.3) is 0 Å². The normalized spacial score (nSPS) is 15.7. The Balaban J connectivity index is 1.61. The summed E-state index contributed by atoms with van der Waals surface area (Å²) in [5.74, 6) is 1.42. The summed E-state index contributed by atoms with van der Waals surface area (Å²) in [6, 6.07) is 17.4. The number of quaternary nitrogens is 1. The second-order valence-corrected chi connectivity index (χ2v) is 8.07. The minimum absolute atomic E-state index is 0.654. The third-order valence-electron chi connectivity index (χ3n) is 5.28. The van der Waals surface area contributed by atoms with Gasteiger partial charge in [0, 0.05) is 22.6 Å². The fraction of sp³-hybridized carbons (Fsp3) is 0.455. The molecule has 2 aromatic carbocycles. The Labute approximate surface area is 151 Å². The molecule has 2 heteroatoms. The quantitative estimate of drug-likeness (QED) is 0.733. The van der Waals surface area contributed by atoms with Gasteiger partial charge in [-0.2, -0.15) is 0 Å². The van der Waals surface area contributed by atoms with Gasteiger partial charge in [-0.15, -0.1) is 0 Å². The van der Waals surface area contributed by atoms with Gasteiger partial charge in [0.1, 0.15) is 13.1 Å². The third-order valence-corrected chi connectivity index (χ3v) is 5.53. The number of fused-ring (bicyclic) bond motifs is 1. The number of nitrogens with one attached hydrogen (secondary N) is 1. The van der Waals surface area contributed by atoms with Crippen molar-refractivity contribution in [2.75, 3.05) is 6.54 Å². The first kappa shape index (κ1) is 17.5. The largest absolute Gasteiger partial charge is 0.327 e. The van der Waals surface area contributed by atoms with Crippen molar-refractivity contribution in [1.82, 2.24) is 0 Å². The average Bonchev–Trinajstić information content (AvgIpc) is 2.98. The summed E-state index contributed by atoms with van der Waals surface area (Å²) in [4.78, 5) is 1.71. The van der Waals surface area contributed by atoms with Gasteiger partial charge in [-0.3, -0.25) is 0 Å². The molecular weight excluding hydrogens is 314 g/mol. The number of halogens is 1. The molecule has 1 N–H and O–H groups in total. The highest BCUT2D eigenvalue weighted by Crippen LogP contribution is 2.27. The van der Waals surface area contributed by atoms with E-state index >= 15 is 0 Å². The maximum Gasteiger partial charge on any atom is 0.104 e. The van der Waals surface area contributed by atoms with Crippen LogP contribution >= 0.6 is 11.6 Å². The molecule has 0 saturated carbocycles. The van der Waals surface area contributed by atoms with Crippen molar-refractivity contribution in [1.29, 1.82) is 0 Å². The van der Waals surface area contributed by atoms with Gasteiger partial charge in [-0.1, -0.05) is 68.3 Å². The Morgan fingerprint density at radius 2 is 1.50 bits per heavy atom. The third kappa shape index (κ3) is 4.62. The van der Waals surface area contributed by atoms with Crippen LogP contribution in [0.4, 0.5) is 0 Å². The van der Waals surface area contributed by atoms with Gasteiger partial charge < -0.3 is 4.90 Å². The zero-order chi connectivity index (χ0) is 16.9. The van der Waals surface area contributed by atoms with Crippen molar-refractivity contribution in [3.05, 3.63) is 70.2 Å². The first-order valence-corrected chi connectivity index (χ1v) is 9.65. The van der Waals surface area contributed by atoms with Gasteiger partial charge >= 0.3 is 0 Å². The van der Waals surface area contributed by atoms with Gasteiger partial charge in [-0.25, -0.2) is 0 Å². The minimum atomic E-state index is 0.654. The van der Waals surface area contributed by atoms with Crippen LogP contribution in [-0.2, 0) is 13.1 Å². The highest BCUT2D eigenvalue weighted by molar-refractivity contribution is 6.30. The first-order valence-electron chi connectivity index (χ1n) is 9.27. The summed E-state index contributed by atoms with van der Waals surface area (Å²) in [7, 11) is 0. The number of benzene rings is 2. The molecular formula is C22H29ClN+. The predicted molar refractivity (Wildman–Crippen MR) is 103 cm³/mol. The van der Waals surface area contributed by atoms with Crippen LogP contribution in [0.1, 0.15) is 55.7 Å². The van der Waals surface area contributed by atoms with Crippen molar-refractivity contribution in [2.45, 2.75) is 52.1 Å². The molecule has 0 aromatic heterocycles. The van der Waals surface area contributed by atoms with Crippen molar-refractivity contribution in [3.63, 3.8) is 0 Å². The van der Waals surface area contributed by atoms with Crippen LogP contribution in [0.3, 0.4) is 0 Å². The lowest BCUT2D eigenvalue weighted by Crippen LogP contribution is -3.07. The lowest BCUT2D eigenvalue weighted by Gasteiger charge is -2.21. The van der Waals surface area contributed by atoms with Crippen molar-refractivity contribution in [3.8, 4) is 0 Å². The van der Waals surface area contributed by atoms with Gasteiger partial charge in [0.15, 0.2) is 0 Å². The molecule has 1 atom stereocenters. The summed E-state index contributed by atoms with van der Waals surface area (Å²) >= 11 is 6.07. The van der Waals surface area contributed by atoms with E-state index in [1.165, 1.54) is 55.6 Å². The molecule has 128 valence electrons. The minimum Gasteiger partial charge on any atom is -0.327 e. The van der Waals surface area contributed by atoms with E-state index in [0.717, 1.165) is 10.9 Å². The van der Waals surface area contributed by atoms with Gasteiger partial charge in [0.25, 0.3) is 0 Å². The van der Waals surface area contributed by atoms with Crippen LogP contribution in [0.15, 0.2) is 48.5 Å². The van der Waals surface area contributed by atoms with E-state index in [1.807, 2.05) is 12.1 Å². The summed E-state index contributed by atoms with van der Waals surface area (Å²) in [5.41, 5.74) is 4.53. The molecule has 1 aliphatic heterocycles. The molecule has 24 heavy (non-hydrogen) atoms. The van der Waals surface area contributed by atoms with E-state index in [0.29, 0.717) is 5.92 Å². The zero-order valence-electron chi connectivity index (χ0n) is 14.9. The summed E-state index contributed by atoms with van der Waals surface area (Å²) < 4.78 is 0. The van der Waals surface area contributed by atoms with Crippen LogP contribution in [0, 0.1) is 5.92 Å². The smallest absolute Gasteiger partial charge is 0.104 e. The number of hydrogen-bond acceptors (Lipinski definition) is 0. The highest BCUT2D eigenvalue weighted by Gasteiger charge is 2.23. The Bertz CT molecular complexity index is 622. The molecule has 0 spiro atoms. The fourth-order valence-corrected chi connectivity index (χ4v) is 3.93. The van der Waals surface area contributed by atoms with Crippen LogP contribution in [0.5, 0.6) is 0 Å². The topological polar surface area (TPSA) is 4.44 Å². The second-order valence-electron chi connectivity index (χ2n) is 7.63. The van der Waals surface area contributed by atoms with E-state index in [-0.39, 0.29) is 0 Å². The van der Waals surface area contributed by atoms with Crippen LogP contribution < -0.4 is 4.90 Å². The van der Waals surface area contributed by atoms with E-state index in [4.69, 9.17) is 11.6 Å². The molecule has 1 heterocycles. The lowest BCUT2D eigenvalue weighted by molar-refractivity contribution is -0.921. The lowest BCUT2D eigenvalue weighted by atomic mass is 9.88. The SMILES string of the molecule is CC(C)CC[C@@H](CC[NH+]1Cc2ccccc2C1)c1ccc(Cl)cc1. The standard InChI is InChI=1S/C22H28ClN/c1-17(2)7-8-19(18-9-11-22(23)12-10-18)13-14-24-15-20-5-3-4-6-21(20)16-24/h3-6,9-12,17,19H,7-8,13-16H2,1-2H3/p+1/t19-/m0/s1. The van der Waals surface area contributed by atoms with Gasteiger partial charge in [0.2, 0.25) is 0 Å². The van der Waals surface area contributed by atoms with E-state index in [2.05, 4.69) is 50.2 Å². The number of rotatable bonds is 7. The molecule has 0 aliphatic carbocycles. The number of hydrogen-bond donors (Lipinski definition) is 1. The van der Waals surface area contributed by atoms with Crippen LogP contribution in [-0.4, -0.2) is 6.54 Å². The fourth-order valence-electron chi connectivity index (χ4n) is 3.81. The maximum absolute atomic E-state index is 6.07. The molecule has 0 unspecified atom stereocenters. The van der Waals surface area contributed by atoms with Crippen molar-refractivity contribution < 1.29 is 4.90 Å². The Kier molecular flexibility index (Phi) is 5.97. The summed E-state index contributed by atoms with van der Waals surface area (Å²) in [6.07, 6.45) is 3.83. The molecule has 1 aliphatic rings. The van der Waals surface area contributed by atoms with Crippen molar-refractivity contribution in [2.24, 2.45) is 5.92 Å². The molecule has 1 nitrogen and oxygen atoms in total. The summed E-state index contributed by atoms with van der Waals surface area (Å²) in [6.45, 7) is 8.27. The monoisotopic (exact) mass is 342 g/mol. The maximum atomic E-state index is 6.07. The molecule has 3 rings (SSSR count). The van der Waals surface area contributed by atoms with E-state index in [1.54, 1.807) is 4.90 Å². The second kappa shape index (κ2) is 8.18. The molecule has 0 bridgehead atoms. The average molecular weight is 343 g/mol. The highest BCUT2D eigenvalue weighted by atomic mass is 35.5.